The predicted octanol–water partition coefficient (Wildman–Crippen LogP) is 6.00. The molecule has 0 aliphatic carbocycles. The summed E-state index contributed by atoms with van der Waals surface area (Å²) in [5, 5.41) is 1.44. The van der Waals surface area contributed by atoms with Gasteiger partial charge in [-0.2, -0.15) is 0 Å². The Kier molecular flexibility index (Phi) is 5.67. The molecule has 0 saturated heterocycles. The summed E-state index contributed by atoms with van der Waals surface area (Å²) in [5.41, 5.74) is 2.33. The molecular weight excluding hydrogens is 419 g/mol. The van der Waals surface area contributed by atoms with Gasteiger partial charge in [0, 0.05) is 22.7 Å². The third kappa shape index (κ3) is 3.86. The summed E-state index contributed by atoms with van der Waals surface area (Å²) in [6, 6.07) is 18.3. The number of hydrogen-bond donors (Lipinski definition) is 0. The van der Waals surface area contributed by atoms with Crippen molar-refractivity contribution >= 4 is 40.0 Å². The van der Waals surface area contributed by atoms with Crippen molar-refractivity contribution in [2.24, 2.45) is 0 Å². The van der Waals surface area contributed by atoms with Crippen LogP contribution in [-0.2, 0) is 6.61 Å². The molecule has 0 amide bonds. The smallest absolute Gasteiger partial charge is 0.254 e. The van der Waals surface area contributed by atoms with Crippen molar-refractivity contribution in [3.05, 3.63) is 88.2 Å². The topological polar surface area (TPSA) is 52.1 Å². The molecule has 4 rings (SSSR count). The van der Waals surface area contributed by atoms with Crippen molar-refractivity contribution in [2.45, 2.75) is 6.61 Å². The fourth-order valence-corrected chi connectivity index (χ4v) is 3.56. The van der Waals surface area contributed by atoms with Gasteiger partial charge in [-0.25, -0.2) is 9.97 Å². The number of Topliss-reactive ketones (excluding diaryl/α,β-unsaturated/α-hetero) is 1. The number of ether oxygens (including phenoxy) is 1. The number of halogens is 2. The summed E-state index contributed by atoms with van der Waals surface area (Å²) >= 11 is 13.0. The second-order valence-corrected chi connectivity index (χ2v) is 7.23. The van der Waals surface area contributed by atoms with Gasteiger partial charge in [-0.15, -0.1) is 6.42 Å². The molecule has 0 fully saturated rings. The average molecular weight is 433 g/mol. The number of benzene rings is 2. The second kappa shape index (κ2) is 8.54. The zero-order chi connectivity index (χ0) is 21.1. The molecule has 0 saturated carbocycles. The average Bonchev–Trinajstić information content (AvgIpc) is 2.79. The van der Waals surface area contributed by atoms with Gasteiger partial charge in [-0.1, -0.05) is 53.5 Å². The molecule has 6 heteroatoms. The van der Waals surface area contributed by atoms with Crippen LogP contribution in [0.1, 0.15) is 16.1 Å². The van der Waals surface area contributed by atoms with Crippen molar-refractivity contribution in [2.75, 3.05) is 0 Å². The molecule has 2 heterocycles. The number of terminal acetylenes is 1. The Morgan fingerprint density at radius 2 is 1.80 bits per heavy atom. The number of carbonyl (C=O) groups excluding carboxylic acids is 1. The Hall–Kier alpha value is -3.39. The van der Waals surface area contributed by atoms with Crippen LogP contribution in [0.5, 0.6) is 5.75 Å². The monoisotopic (exact) mass is 432 g/mol. The number of ketones is 1. The molecule has 0 radical (unpaired) electrons. The number of nitrogens with zero attached hydrogens (tertiary/aromatic N) is 2. The molecule has 0 unspecified atom stereocenters. The normalized spacial score (nSPS) is 10.6. The SMILES string of the molecule is C#CC(=O)c1nc2ncccc2cc1-c1c(Cl)ccc(Cl)c1OCc1ccccc1. The summed E-state index contributed by atoms with van der Waals surface area (Å²) in [4.78, 5) is 21.1. The van der Waals surface area contributed by atoms with E-state index in [1.54, 1.807) is 30.5 Å². The minimum atomic E-state index is -0.581. The largest absolute Gasteiger partial charge is 0.487 e. The van der Waals surface area contributed by atoms with E-state index in [4.69, 9.17) is 34.4 Å². The first kappa shape index (κ1) is 19.9. The standard InChI is InChI=1S/C24H14Cl2N2O2/c1-2-20(29)22-17(13-16-9-6-12-27-24(16)28-22)21-18(25)10-11-19(26)23(21)30-14-15-7-4-3-5-8-15/h1,3-13H,14H2. The van der Waals surface area contributed by atoms with E-state index < -0.39 is 5.78 Å². The van der Waals surface area contributed by atoms with Crippen molar-refractivity contribution in [3.8, 4) is 29.2 Å². The zero-order valence-electron chi connectivity index (χ0n) is 15.6. The van der Waals surface area contributed by atoms with Crippen molar-refractivity contribution in [1.82, 2.24) is 9.97 Å². The van der Waals surface area contributed by atoms with Crippen LogP contribution < -0.4 is 4.74 Å². The summed E-state index contributed by atoms with van der Waals surface area (Å²) in [5.74, 6) is 1.89. The van der Waals surface area contributed by atoms with Crippen LogP contribution in [0.25, 0.3) is 22.2 Å². The van der Waals surface area contributed by atoms with Crippen LogP contribution >= 0.6 is 23.2 Å². The van der Waals surface area contributed by atoms with Gasteiger partial charge in [0.2, 0.25) is 0 Å². The minimum Gasteiger partial charge on any atom is -0.487 e. The van der Waals surface area contributed by atoms with E-state index in [2.05, 4.69) is 15.9 Å². The summed E-state index contributed by atoms with van der Waals surface area (Å²) in [6.07, 6.45) is 6.98. The van der Waals surface area contributed by atoms with Crippen LogP contribution in [0.3, 0.4) is 0 Å². The minimum absolute atomic E-state index is 0.0671. The number of fused-ring (bicyclic) bond motifs is 1. The number of pyridine rings is 2. The molecule has 0 atom stereocenters. The quantitative estimate of drug-likeness (QED) is 0.220. The van der Waals surface area contributed by atoms with Gasteiger partial charge in [0.25, 0.3) is 5.78 Å². The molecule has 2 aromatic carbocycles. The lowest BCUT2D eigenvalue weighted by Gasteiger charge is -2.17. The maximum absolute atomic E-state index is 12.5. The van der Waals surface area contributed by atoms with Gasteiger partial charge in [0.1, 0.15) is 18.1 Å². The van der Waals surface area contributed by atoms with E-state index in [0.29, 0.717) is 32.6 Å². The Labute approximate surface area is 183 Å². The third-order valence-corrected chi connectivity index (χ3v) is 5.10. The summed E-state index contributed by atoms with van der Waals surface area (Å²) < 4.78 is 6.05. The van der Waals surface area contributed by atoms with Crippen molar-refractivity contribution < 1.29 is 9.53 Å². The highest BCUT2D eigenvalue weighted by molar-refractivity contribution is 6.37. The third-order valence-electron chi connectivity index (χ3n) is 4.49. The molecule has 30 heavy (non-hydrogen) atoms. The van der Waals surface area contributed by atoms with Gasteiger partial charge in [-0.3, -0.25) is 4.79 Å². The first-order chi connectivity index (χ1) is 14.6. The summed E-state index contributed by atoms with van der Waals surface area (Å²) in [7, 11) is 0. The van der Waals surface area contributed by atoms with E-state index in [1.807, 2.05) is 36.4 Å². The first-order valence-electron chi connectivity index (χ1n) is 9.00. The Morgan fingerprint density at radius 3 is 2.57 bits per heavy atom. The molecule has 146 valence electrons. The summed E-state index contributed by atoms with van der Waals surface area (Å²) in [6.45, 7) is 0.273. The molecule has 4 nitrogen and oxygen atoms in total. The number of hydrogen-bond acceptors (Lipinski definition) is 4. The van der Waals surface area contributed by atoms with Crippen LogP contribution in [0.2, 0.25) is 10.0 Å². The molecular formula is C24H14Cl2N2O2. The van der Waals surface area contributed by atoms with E-state index in [1.165, 1.54) is 0 Å². The maximum Gasteiger partial charge on any atom is 0.254 e. The molecule has 2 aromatic heterocycles. The first-order valence-corrected chi connectivity index (χ1v) is 9.76. The number of carbonyl (C=O) groups is 1. The van der Waals surface area contributed by atoms with E-state index in [0.717, 1.165) is 10.9 Å². The van der Waals surface area contributed by atoms with Gasteiger partial charge in [0.05, 0.1) is 10.0 Å². The fraction of sp³-hybridized carbons (Fsp3) is 0.0417. The van der Waals surface area contributed by atoms with Crippen LogP contribution in [-0.4, -0.2) is 15.8 Å². The molecule has 0 bridgehead atoms. The van der Waals surface area contributed by atoms with Gasteiger partial charge in [0.15, 0.2) is 5.65 Å². The Bertz CT molecular complexity index is 1300. The van der Waals surface area contributed by atoms with Gasteiger partial charge >= 0.3 is 0 Å². The molecule has 0 spiro atoms. The van der Waals surface area contributed by atoms with Crippen LogP contribution in [0.4, 0.5) is 0 Å². The Balaban J connectivity index is 1.91. The van der Waals surface area contributed by atoms with Crippen molar-refractivity contribution in [3.63, 3.8) is 0 Å². The van der Waals surface area contributed by atoms with E-state index in [9.17, 15) is 4.79 Å². The number of aromatic nitrogens is 2. The fourth-order valence-electron chi connectivity index (χ4n) is 3.09. The van der Waals surface area contributed by atoms with Crippen LogP contribution in [0.15, 0.2) is 66.9 Å². The lowest BCUT2D eigenvalue weighted by molar-refractivity contribution is 0.105. The van der Waals surface area contributed by atoms with Gasteiger partial charge in [-0.05, 0) is 41.8 Å². The lowest BCUT2D eigenvalue weighted by atomic mass is 9.99. The molecule has 0 aliphatic rings. The predicted molar refractivity (Wildman–Crippen MR) is 119 cm³/mol. The molecule has 4 aromatic rings. The van der Waals surface area contributed by atoms with Crippen molar-refractivity contribution in [1.29, 1.82) is 0 Å². The molecule has 0 aliphatic heterocycles. The highest BCUT2D eigenvalue weighted by atomic mass is 35.5. The second-order valence-electron chi connectivity index (χ2n) is 6.42. The van der Waals surface area contributed by atoms with Crippen LogP contribution in [0, 0.1) is 12.3 Å². The van der Waals surface area contributed by atoms with E-state index in [-0.39, 0.29) is 12.3 Å². The Morgan fingerprint density at radius 1 is 1.03 bits per heavy atom. The highest BCUT2D eigenvalue weighted by Crippen LogP contribution is 2.43. The highest BCUT2D eigenvalue weighted by Gasteiger charge is 2.22. The number of rotatable bonds is 5. The van der Waals surface area contributed by atoms with E-state index >= 15 is 0 Å². The lowest BCUT2D eigenvalue weighted by Crippen LogP contribution is -2.05. The zero-order valence-corrected chi connectivity index (χ0v) is 17.1. The van der Waals surface area contributed by atoms with Gasteiger partial charge < -0.3 is 4.74 Å². The molecule has 0 N–H and O–H groups in total. The maximum atomic E-state index is 12.5.